The van der Waals surface area contributed by atoms with Gasteiger partial charge in [0.25, 0.3) is 0 Å². The summed E-state index contributed by atoms with van der Waals surface area (Å²) in [6.45, 7) is 0. The molecule has 17 heavy (non-hydrogen) atoms. The van der Waals surface area contributed by atoms with E-state index in [9.17, 15) is 4.79 Å². The summed E-state index contributed by atoms with van der Waals surface area (Å²) < 4.78 is 1.36. The SMILES string of the molecule is O=C(CCCc1csc2ccccc12)C1CC1. The molecule has 1 aromatic heterocycles. The molecular formula is C15H16OS. The topological polar surface area (TPSA) is 17.1 Å². The zero-order valence-corrected chi connectivity index (χ0v) is 10.6. The molecule has 1 fully saturated rings. The van der Waals surface area contributed by atoms with Crippen molar-refractivity contribution in [3.05, 3.63) is 35.2 Å². The maximum Gasteiger partial charge on any atom is 0.135 e. The Balaban J connectivity index is 1.62. The predicted octanol–water partition coefficient (Wildman–Crippen LogP) is 4.20. The highest BCUT2D eigenvalue weighted by Gasteiger charge is 2.28. The molecule has 1 aliphatic rings. The van der Waals surface area contributed by atoms with Crippen molar-refractivity contribution in [3.63, 3.8) is 0 Å². The molecule has 1 saturated carbocycles. The lowest BCUT2D eigenvalue weighted by Crippen LogP contribution is -2.00. The van der Waals surface area contributed by atoms with Gasteiger partial charge in [-0.3, -0.25) is 4.79 Å². The van der Waals surface area contributed by atoms with Crippen molar-refractivity contribution < 1.29 is 4.79 Å². The number of fused-ring (bicyclic) bond motifs is 1. The number of rotatable bonds is 5. The minimum absolute atomic E-state index is 0.425. The van der Waals surface area contributed by atoms with E-state index in [1.807, 2.05) is 0 Å². The molecule has 1 heterocycles. The molecule has 88 valence electrons. The van der Waals surface area contributed by atoms with Crippen molar-refractivity contribution in [3.8, 4) is 0 Å². The highest BCUT2D eigenvalue weighted by atomic mass is 32.1. The van der Waals surface area contributed by atoms with E-state index < -0.39 is 0 Å². The summed E-state index contributed by atoms with van der Waals surface area (Å²) in [4.78, 5) is 11.6. The molecule has 0 amide bonds. The van der Waals surface area contributed by atoms with Gasteiger partial charge in [0.2, 0.25) is 0 Å². The Morgan fingerprint density at radius 3 is 2.94 bits per heavy atom. The highest BCUT2D eigenvalue weighted by molar-refractivity contribution is 7.17. The van der Waals surface area contributed by atoms with E-state index in [-0.39, 0.29) is 0 Å². The third kappa shape index (κ3) is 2.42. The average Bonchev–Trinajstić information content (AvgIpc) is 3.12. The molecular weight excluding hydrogens is 228 g/mol. The summed E-state index contributed by atoms with van der Waals surface area (Å²) in [5, 5.41) is 3.61. The van der Waals surface area contributed by atoms with Crippen LogP contribution in [-0.2, 0) is 11.2 Å². The Bertz CT molecular complexity index is 537. The van der Waals surface area contributed by atoms with E-state index in [0.29, 0.717) is 11.7 Å². The van der Waals surface area contributed by atoms with Crippen LogP contribution in [-0.4, -0.2) is 5.78 Å². The van der Waals surface area contributed by atoms with Gasteiger partial charge >= 0.3 is 0 Å². The maximum atomic E-state index is 11.6. The van der Waals surface area contributed by atoms with Crippen molar-refractivity contribution in [2.24, 2.45) is 5.92 Å². The van der Waals surface area contributed by atoms with Gasteiger partial charge in [-0.1, -0.05) is 18.2 Å². The number of Topliss-reactive ketones (excluding diaryl/α,β-unsaturated/α-hetero) is 1. The zero-order valence-electron chi connectivity index (χ0n) is 9.82. The van der Waals surface area contributed by atoms with Crippen LogP contribution in [0.25, 0.3) is 10.1 Å². The Hall–Kier alpha value is -1.15. The number of carbonyl (C=O) groups excluding carboxylic acids is 1. The van der Waals surface area contributed by atoms with E-state index in [1.54, 1.807) is 11.3 Å². The Labute approximate surface area is 105 Å². The zero-order chi connectivity index (χ0) is 11.7. The van der Waals surface area contributed by atoms with E-state index in [1.165, 1.54) is 15.6 Å². The minimum Gasteiger partial charge on any atom is -0.299 e. The van der Waals surface area contributed by atoms with Crippen LogP contribution in [0.5, 0.6) is 0 Å². The van der Waals surface area contributed by atoms with Crippen LogP contribution in [0, 0.1) is 5.92 Å². The molecule has 0 atom stereocenters. The van der Waals surface area contributed by atoms with E-state index in [2.05, 4.69) is 29.6 Å². The van der Waals surface area contributed by atoms with Crippen molar-refractivity contribution in [2.45, 2.75) is 32.1 Å². The van der Waals surface area contributed by atoms with Gasteiger partial charge in [0.1, 0.15) is 5.78 Å². The fraction of sp³-hybridized carbons (Fsp3) is 0.400. The number of ketones is 1. The molecule has 0 N–H and O–H groups in total. The van der Waals surface area contributed by atoms with Gasteiger partial charge in [-0.2, -0.15) is 0 Å². The van der Waals surface area contributed by atoms with Crippen LogP contribution in [0.15, 0.2) is 29.6 Å². The molecule has 0 aliphatic heterocycles. The summed E-state index contributed by atoms with van der Waals surface area (Å²) in [5.74, 6) is 0.916. The normalized spacial score (nSPS) is 15.3. The lowest BCUT2D eigenvalue weighted by molar-refractivity contribution is -0.120. The first-order chi connectivity index (χ1) is 8.34. The first-order valence-corrected chi connectivity index (χ1v) is 7.20. The summed E-state index contributed by atoms with van der Waals surface area (Å²) in [6, 6.07) is 8.52. The minimum atomic E-state index is 0.425. The molecule has 2 aromatic rings. The molecule has 1 aliphatic carbocycles. The Morgan fingerprint density at radius 1 is 1.29 bits per heavy atom. The summed E-state index contributed by atoms with van der Waals surface area (Å²) >= 11 is 1.81. The average molecular weight is 244 g/mol. The second-order valence-corrected chi connectivity index (χ2v) is 5.76. The molecule has 3 rings (SSSR count). The molecule has 0 spiro atoms. The van der Waals surface area contributed by atoms with Crippen molar-refractivity contribution >= 4 is 27.2 Å². The van der Waals surface area contributed by atoms with Crippen molar-refractivity contribution in [1.82, 2.24) is 0 Å². The van der Waals surface area contributed by atoms with Crippen LogP contribution in [0.2, 0.25) is 0 Å². The second kappa shape index (κ2) is 4.61. The van der Waals surface area contributed by atoms with Gasteiger partial charge in [-0.05, 0) is 48.1 Å². The summed E-state index contributed by atoms with van der Waals surface area (Å²) in [7, 11) is 0. The molecule has 0 unspecified atom stereocenters. The van der Waals surface area contributed by atoms with Gasteiger partial charge in [-0.25, -0.2) is 0 Å². The second-order valence-electron chi connectivity index (χ2n) is 4.85. The van der Waals surface area contributed by atoms with E-state index >= 15 is 0 Å². The predicted molar refractivity (Wildman–Crippen MR) is 72.5 cm³/mol. The van der Waals surface area contributed by atoms with Crippen LogP contribution in [0.4, 0.5) is 0 Å². The largest absolute Gasteiger partial charge is 0.299 e. The fourth-order valence-corrected chi connectivity index (χ4v) is 3.29. The number of hydrogen-bond donors (Lipinski definition) is 0. The molecule has 0 bridgehead atoms. The lowest BCUT2D eigenvalue weighted by atomic mass is 10.0. The first-order valence-electron chi connectivity index (χ1n) is 6.32. The summed E-state index contributed by atoms with van der Waals surface area (Å²) in [6.07, 6.45) is 5.10. The molecule has 1 nitrogen and oxygen atoms in total. The van der Waals surface area contributed by atoms with Crippen LogP contribution >= 0.6 is 11.3 Å². The van der Waals surface area contributed by atoms with Crippen LogP contribution in [0.1, 0.15) is 31.2 Å². The third-order valence-electron chi connectivity index (χ3n) is 3.46. The molecule has 1 aromatic carbocycles. The van der Waals surface area contributed by atoms with Gasteiger partial charge in [0.15, 0.2) is 0 Å². The number of aryl methyl sites for hydroxylation is 1. The number of carbonyl (C=O) groups is 1. The van der Waals surface area contributed by atoms with Crippen molar-refractivity contribution in [2.75, 3.05) is 0 Å². The van der Waals surface area contributed by atoms with Crippen LogP contribution < -0.4 is 0 Å². The van der Waals surface area contributed by atoms with Gasteiger partial charge in [0, 0.05) is 17.0 Å². The smallest absolute Gasteiger partial charge is 0.135 e. The van der Waals surface area contributed by atoms with Crippen LogP contribution in [0.3, 0.4) is 0 Å². The maximum absolute atomic E-state index is 11.6. The van der Waals surface area contributed by atoms with Gasteiger partial charge < -0.3 is 0 Å². The highest BCUT2D eigenvalue weighted by Crippen LogP contribution is 2.32. The van der Waals surface area contributed by atoms with E-state index in [0.717, 1.165) is 32.1 Å². The van der Waals surface area contributed by atoms with Gasteiger partial charge in [-0.15, -0.1) is 11.3 Å². The molecule has 0 saturated heterocycles. The quantitative estimate of drug-likeness (QED) is 0.770. The first kappa shape index (κ1) is 11.0. The lowest BCUT2D eigenvalue weighted by Gasteiger charge is -1.99. The standard InChI is InChI=1S/C15H16OS/c16-14(11-8-9-11)6-3-4-12-10-17-15-7-2-1-5-13(12)15/h1-2,5,7,10-11H,3-4,6,8-9H2. The molecule has 0 radical (unpaired) electrons. The monoisotopic (exact) mass is 244 g/mol. The Morgan fingerprint density at radius 2 is 2.12 bits per heavy atom. The fourth-order valence-electron chi connectivity index (χ4n) is 2.29. The third-order valence-corrected chi connectivity index (χ3v) is 4.48. The number of thiophene rings is 1. The number of benzene rings is 1. The van der Waals surface area contributed by atoms with E-state index in [4.69, 9.17) is 0 Å². The number of hydrogen-bond acceptors (Lipinski definition) is 2. The van der Waals surface area contributed by atoms with Gasteiger partial charge in [0.05, 0.1) is 0 Å². The van der Waals surface area contributed by atoms with Crippen molar-refractivity contribution in [1.29, 1.82) is 0 Å². The summed E-state index contributed by atoms with van der Waals surface area (Å²) in [5.41, 5.74) is 1.41. The molecule has 2 heteroatoms. The Kier molecular flexibility index (Phi) is 2.98.